The second kappa shape index (κ2) is 5.27. The molecule has 1 atom stereocenters. The highest BCUT2D eigenvalue weighted by molar-refractivity contribution is 6.31. The van der Waals surface area contributed by atoms with E-state index in [1.54, 1.807) is 10.9 Å². The first-order chi connectivity index (χ1) is 9.65. The molecule has 3 rings (SSSR count). The molecule has 3 aromatic rings. The number of hydrogen-bond acceptors (Lipinski definition) is 2. The summed E-state index contributed by atoms with van der Waals surface area (Å²) in [5.74, 6) is 0. The smallest absolute Gasteiger partial charge is 0.0986 e. The summed E-state index contributed by atoms with van der Waals surface area (Å²) in [5, 5.41) is 17.4. The van der Waals surface area contributed by atoms with E-state index in [0.717, 1.165) is 16.6 Å². The van der Waals surface area contributed by atoms with Crippen molar-refractivity contribution in [1.29, 1.82) is 0 Å². The Hall–Kier alpha value is -1.84. The molecule has 1 aromatic heterocycles. The van der Waals surface area contributed by atoms with E-state index in [0.29, 0.717) is 11.6 Å². The van der Waals surface area contributed by atoms with E-state index in [1.807, 2.05) is 43.3 Å². The SMILES string of the molecule is Cc1c(Cl)cnn1CC(O)c1ccc2ccccc2c1. The first-order valence-corrected chi connectivity index (χ1v) is 6.87. The molecule has 0 spiro atoms. The summed E-state index contributed by atoms with van der Waals surface area (Å²) in [4.78, 5) is 0. The topological polar surface area (TPSA) is 38.0 Å². The Kier molecular flexibility index (Phi) is 3.47. The quantitative estimate of drug-likeness (QED) is 0.797. The van der Waals surface area contributed by atoms with Crippen LogP contribution in [0, 0.1) is 6.92 Å². The van der Waals surface area contributed by atoms with Crippen molar-refractivity contribution in [1.82, 2.24) is 9.78 Å². The van der Waals surface area contributed by atoms with Gasteiger partial charge in [0.05, 0.1) is 29.6 Å². The minimum absolute atomic E-state index is 0.400. The molecule has 0 amide bonds. The molecule has 4 heteroatoms. The molecule has 20 heavy (non-hydrogen) atoms. The lowest BCUT2D eigenvalue weighted by atomic mass is 10.0. The third kappa shape index (κ3) is 2.42. The lowest BCUT2D eigenvalue weighted by molar-refractivity contribution is 0.151. The molecule has 102 valence electrons. The zero-order chi connectivity index (χ0) is 14.1. The fourth-order valence-corrected chi connectivity index (χ4v) is 2.43. The van der Waals surface area contributed by atoms with Crippen LogP contribution in [-0.4, -0.2) is 14.9 Å². The molecule has 0 fully saturated rings. The summed E-state index contributed by atoms with van der Waals surface area (Å²) in [7, 11) is 0. The highest BCUT2D eigenvalue weighted by Gasteiger charge is 2.12. The van der Waals surface area contributed by atoms with Gasteiger partial charge >= 0.3 is 0 Å². The summed E-state index contributed by atoms with van der Waals surface area (Å²) < 4.78 is 1.72. The third-order valence-corrected chi connectivity index (χ3v) is 3.92. The number of nitrogens with zero attached hydrogens (tertiary/aromatic N) is 2. The monoisotopic (exact) mass is 286 g/mol. The van der Waals surface area contributed by atoms with Gasteiger partial charge in [0.1, 0.15) is 0 Å². The number of aliphatic hydroxyl groups excluding tert-OH is 1. The van der Waals surface area contributed by atoms with E-state index < -0.39 is 6.10 Å². The molecule has 0 aliphatic rings. The fourth-order valence-electron chi connectivity index (χ4n) is 2.29. The Balaban J connectivity index is 1.88. The molecule has 0 saturated heterocycles. The van der Waals surface area contributed by atoms with E-state index in [1.165, 1.54) is 5.39 Å². The third-order valence-electron chi connectivity index (χ3n) is 3.55. The van der Waals surface area contributed by atoms with Crippen molar-refractivity contribution in [2.75, 3.05) is 0 Å². The minimum Gasteiger partial charge on any atom is -0.386 e. The predicted octanol–water partition coefficient (Wildman–Crippen LogP) is 3.73. The molecule has 3 nitrogen and oxygen atoms in total. The first kappa shape index (κ1) is 13.2. The summed E-state index contributed by atoms with van der Waals surface area (Å²) in [5.41, 5.74) is 1.75. The van der Waals surface area contributed by atoms with Gasteiger partial charge in [-0.3, -0.25) is 4.68 Å². The Bertz CT molecular complexity index is 751. The zero-order valence-electron chi connectivity index (χ0n) is 11.1. The van der Waals surface area contributed by atoms with Gasteiger partial charge in [0.2, 0.25) is 0 Å². The summed E-state index contributed by atoms with van der Waals surface area (Å²) in [6.07, 6.45) is 0.999. The second-order valence-corrected chi connectivity index (χ2v) is 5.29. The molecule has 0 aliphatic heterocycles. The van der Waals surface area contributed by atoms with Crippen LogP contribution in [0.2, 0.25) is 5.02 Å². The second-order valence-electron chi connectivity index (χ2n) is 4.88. The van der Waals surface area contributed by atoms with Crippen LogP contribution in [0.25, 0.3) is 10.8 Å². The number of fused-ring (bicyclic) bond motifs is 1. The normalized spacial score (nSPS) is 12.8. The van der Waals surface area contributed by atoms with Gasteiger partial charge in [0.15, 0.2) is 0 Å². The number of hydrogen-bond donors (Lipinski definition) is 1. The molecule has 2 aromatic carbocycles. The Labute approximate surface area is 122 Å². The van der Waals surface area contributed by atoms with Gasteiger partial charge in [-0.2, -0.15) is 5.10 Å². The van der Waals surface area contributed by atoms with E-state index in [4.69, 9.17) is 11.6 Å². The van der Waals surface area contributed by atoms with Crippen molar-refractivity contribution >= 4 is 22.4 Å². The van der Waals surface area contributed by atoms with E-state index >= 15 is 0 Å². The van der Waals surface area contributed by atoms with Crippen LogP contribution >= 0.6 is 11.6 Å². The van der Waals surface area contributed by atoms with Crippen molar-refractivity contribution < 1.29 is 5.11 Å². The molecule has 0 bridgehead atoms. The average molecular weight is 287 g/mol. The van der Waals surface area contributed by atoms with Gasteiger partial charge in [0.25, 0.3) is 0 Å². The van der Waals surface area contributed by atoms with Crippen molar-refractivity contribution in [2.45, 2.75) is 19.6 Å². The van der Waals surface area contributed by atoms with Crippen LogP contribution in [0.3, 0.4) is 0 Å². The van der Waals surface area contributed by atoms with Crippen molar-refractivity contribution in [3.63, 3.8) is 0 Å². The van der Waals surface area contributed by atoms with Gasteiger partial charge in [-0.1, -0.05) is 48.0 Å². The maximum atomic E-state index is 10.4. The zero-order valence-corrected chi connectivity index (χ0v) is 11.9. The van der Waals surface area contributed by atoms with Crippen molar-refractivity contribution in [2.24, 2.45) is 0 Å². The van der Waals surface area contributed by atoms with Crippen LogP contribution in [0.4, 0.5) is 0 Å². The van der Waals surface area contributed by atoms with Gasteiger partial charge < -0.3 is 5.11 Å². The maximum Gasteiger partial charge on any atom is 0.0986 e. The maximum absolute atomic E-state index is 10.4. The first-order valence-electron chi connectivity index (χ1n) is 6.50. The van der Waals surface area contributed by atoms with E-state index in [2.05, 4.69) is 11.2 Å². The summed E-state index contributed by atoms with van der Waals surface area (Å²) in [6, 6.07) is 14.1. The number of rotatable bonds is 3. The molecule has 1 N–H and O–H groups in total. The molecule has 0 radical (unpaired) electrons. The van der Waals surface area contributed by atoms with E-state index in [-0.39, 0.29) is 0 Å². The van der Waals surface area contributed by atoms with Crippen LogP contribution < -0.4 is 0 Å². The molecule has 1 unspecified atom stereocenters. The van der Waals surface area contributed by atoms with Crippen LogP contribution in [0.1, 0.15) is 17.4 Å². The van der Waals surface area contributed by atoms with Crippen LogP contribution in [0.5, 0.6) is 0 Å². The Morgan fingerprint density at radius 3 is 2.65 bits per heavy atom. The number of halogens is 1. The number of benzene rings is 2. The Morgan fingerprint density at radius 1 is 1.20 bits per heavy atom. The van der Waals surface area contributed by atoms with Crippen LogP contribution in [-0.2, 0) is 6.54 Å². The molecule has 0 saturated carbocycles. The Morgan fingerprint density at radius 2 is 1.95 bits per heavy atom. The standard InChI is InChI=1S/C16H15ClN2O/c1-11-15(17)9-18-19(11)10-16(20)14-7-6-12-4-2-3-5-13(12)8-14/h2-9,16,20H,10H2,1H3. The lowest BCUT2D eigenvalue weighted by Crippen LogP contribution is -2.11. The van der Waals surface area contributed by atoms with Gasteiger partial charge in [-0.05, 0) is 29.3 Å². The number of aliphatic hydroxyl groups is 1. The molecular formula is C16H15ClN2O. The largest absolute Gasteiger partial charge is 0.386 e. The minimum atomic E-state index is -0.603. The van der Waals surface area contributed by atoms with Crippen molar-refractivity contribution in [3.05, 3.63) is 64.9 Å². The summed E-state index contributed by atoms with van der Waals surface area (Å²) in [6.45, 7) is 2.29. The van der Waals surface area contributed by atoms with Gasteiger partial charge in [0, 0.05) is 0 Å². The van der Waals surface area contributed by atoms with Gasteiger partial charge in [-0.15, -0.1) is 0 Å². The molecule has 1 heterocycles. The molecule has 0 aliphatic carbocycles. The fraction of sp³-hybridized carbons (Fsp3) is 0.188. The van der Waals surface area contributed by atoms with Crippen LogP contribution in [0.15, 0.2) is 48.7 Å². The van der Waals surface area contributed by atoms with E-state index in [9.17, 15) is 5.11 Å². The predicted molar refractivity (Wildman–Crippen MR) is 80.9 cm³/mol. The lowest BCUT2D eigenvalue weighted by Gasteiger charge is -2.13. The molecular weight excluding hydrogens is 272 g/mol. The highest BCUT2D eigenvalue weighted by Crippen LogP contribution is 2.23. The summed E-state index contributed by atoms with van der Waals surface area (Å²) >= 11 is 5.97. The van der Waals surface area contributed by atoms with Crippen molar-refractivity contribution in [3.8, 4) is 0 Å². The van der Waals surface area contributed by atoms with Gasteiger partial charge in [-0.25, -0.2) is 0 Å². The number of aromatic nitrogens is 2. The average Bonchev–Trinajstić information content (AvgIpc) is 2.78. The highest BCUT2D eigenvalue weighted by atomic mass is 35.5.